The van der Waals surface area contributed by atoms with Gasteiger partial charge in [0.15, 0.2) is 0 Å². The van der Waals surface area contributed by atoms with Crippen LogP contribution in [0.25, 0.3) is 11.3 Å². The number of aromatic nitrogens is 1. The van der Waals surface area contributed by atoms with E-state index in [1.54, 1.807) is 13.2 Å². The predicted molar refractivity (Wildman–Crippen MR) is 132 cm³/mol. The molecule has 7 heteroatoms. The summed E-state index contributed by atoms with van der Waals surface area (Å²) < 4.78 is 38.6. The Morgan fingerprint density at radius 1 is 1.33 bits per heavy atom. The molecule has 2 aromatic rings. The molecule has 3 rings (SSSR count). The van der Waals surface area contributed by atoms with E-state index in [0.29, 0.717) is 25.0 Å². The van der Waals surface area contributed by atoms with Crippen molar-refractivity contribution in [3.8, 4) is 12.3 Å². The fourth-order valence-corrected chi connectivity index (χ4v) is 4.22. The molecule has 0 N–H and O–H groups in total. The first-order valence-electron chi connectivity index (χ1n) is 10.8. The number of pyridine rings is 1. The third-order valence-electron chi connectivity index (χ3n) is 5.56. The molecule has 1 aromatic carbocycles. The van der Waals surface area contributed by atoms with Crippen LogP contribution in [0.1, 0.15) is 40.1 Å². The van der Waals surface area contributed by atoms with E-state index in [-0.39, 0.29) is 6.54 Å². The van der Waals surface area contributed by atoms with Crippen LogP contribution in [0.15, 0.2) is 43.1 Å². The van der Waals surface area contributed by atoms with Crippen LogP contribution in [0.4, 0.5) is 13.2 Å². The predicted octanol–water partition coefficient (Wildman–Crippen LogP) is 5.65. The molecule has 1 aromatic heterocycles. The van der Waals surface area contributed by atoms with E-state index in [0.717, 1.165) is 45.9 Å². The Labute approximate surface area is 196 Å². The van der Waals surface area contributed by atoms with Crippen LogP contribution in [0.5, 0.6) is 0 Å². The first-order valence-corrected chi connectivity index (χ1v) is 11.4. The van der Waals surface area contributed by atoms with Crippen molar-refractivity contribution >= 4 is 20.5 Å². The zero-order valence-corrected chi connectivity index (χ0v) is 20.1. The lowest BCUT2D eigenvalue weighted by Crippen LogP contribution is -2.19. The van der Waals surface area contributed by atoms with E-state index < -0.39 is 12.3 Å². The number of benzene rings is 1. The largest absolute Gasteiger partial charge is 0.374 e. The highest BCUT2D eigenvalue weighted by Crippen LogP contribution is 2.36. The van der Waals surface area contributed by atoms with Gasteiger partial charge in [-0.15, -0.1) is 15.7 Å². The van der Waals surface area contributed by atoms with E-state index in [2.05, 4.69) is 37.7 Å². The number of rotatable bonds is 9. The number of hydrogen-bond acceptors (Lipinski definition) is 3. The van der Waals surface area contributed by atoms with Crippen molar-refractivity contribution in [1.82, 2.24) is 14.8 Å². The Hall–Kier alpha value is -2.77. The lowest BCUT2D eigenvalue weighted by Gasteiger charge is -2.20. The van der Waals surface area contributed by atoms with Crippen molar-refractivity contribution in [2.45, 2.75) is 45.2 Å². The second-order valence-electron chi connectivity index (χ2n) is 8.32. The minimum absolute atomic E-state index is 0.375. The molecule has 0 radical (unpaired) electrons. The molecule has 174 valence electrons. The molecule has 0 aliphatic carbocycles. The van der Waals surface area contributed by atoms with Crippen LogP contribution < -0.4 is 0 Å². The highest BCUT2D eigenvalue weighted by Gasteiger charge is 2.26. The number of fused-ring (bicyclic) bond motifs is 1. The Balaban J connectivity index is 1.74. The molecule has 33 heavy (non-hydrogen) atoms. The summed E-state index contributed by atoms with van der Waals surface area (Å²) in [4.78, 5) is 8.24. The first kappa shape index (κ1) is 24.9. The SMILES string of the molecule is C#C/C(=C\N(C)CC(F)F)c1ccc(CN2Cc3cc(C)nc(CCC(F)P)c3C2=C)cc1. The number of hydrogen-bond donors (Lipinski definition) is 0. The molecule has 0 saturated heterocycles. The first-order chi connectivity index (χ1) is 15.7. The summed E-state index contributed by atoms with van der Waals surface area (Å²) in [6.07, 6.45) is 5.71. The number of aryl methyl sites for hydroxylation is 2. The van der Waals surface area contributed by atoms with Crippen LogP contribution >= 0.6 is 9.24 Å². The van der Waals surface area contributed by atoms with Crippen molar-refractivity contribution in [2.75, 3.05) is 13.6 Å². The Kier molecular flexibility index (Phi) is 8.21. The van der Waals surface area contributed by atoms with E-state index in [9.17, 15) is 13.2 Å². The molecule has 2 heterocycles. The molecule has 0 spiro atoms. The van der Waals surface area contributed by atoms with E-state index in [1.807, 2.05) is 31.2 Å². The third kappa shape index (κ3) is 6.39. The molecule has 1 aliphatic rings. The molecule has 0 fully saturated rings. The molecule has 2 unspecified atom stereocenters. The monoisotopic (exact) mass is 471 g/mol. The molecule has 2 atom stereocenters. The zero-order valence-electron chi connectivity index (χ0n) is 19.0. The zero-order chi connectivity index (χ0) is 24.1. The van der Waals surface area contributed by atoms with Gasteiger partial charge in [-0.1, -0.05) is 36.8 Å². The van der Waals surface area contributed by atoms with Gasteiger partial charge in [0.25, 0.3) is 6.43 Å². The van der Waals surface area contributed by atoms with Crippen molar-refractivity contribution in [3.63, 3.8) is 0 Å². The van der Waals surface area contributed by atoms with Gasteiger partial charge < -0.3 is 9.80 Å². The number of halogens is 3. The average Bonchev–Trinajstić information content (AvgIpc) is 3.05. The van der Waals surface area contributed by atoms with Crippen LogP contribution in [-0.2, 0) is 19.5 Å². The molecular formula is C26H29F3N3P. The van der Waals surface area contributed by atoms with Crippen molar-refractivity contribution in [3.05, 3.63) is 76.8 Å². The van der Waals surface area contributed by atoms with Crippen LogP contribution in [0, 0.1) is 19.3 Å². The number of nitrogens with zero attached hydrogens (tertiary/aromatic N) is 3. The van der Waals surface area contributed by atoms with Gasteiger partial charge in [0.2, 0.25) is 0 Å². The number of terminal acetylenes is 1. The third-order valence-corrected chi connectivity index (χ3v) is 5.90. The standard InChI is InChI=1S/C26H29F3N3P/c1-5-20(14-31(4)16-24(27)28)21-8-6-19(7-9-21)13-32-15-22-12-17(2)30-23(10-11-25(29)33)26(22)18(32)3/h1,6-9,12,14,24-25H,3,10-11,13,15-16,33H2,2,4H3/b20-14+. The van der Waals surface area contributed by atoms with Gasteiger partial charge in [-0.25, -0.2) is 13.2 Å². The van der Waals surface area contributed by atoms with Crippen molar-refractivity contribution < 1.29 is 13.2 Å². The maximum absolute atomic E-state index is 13.4. The Bertz CT molecular complexity index is 1070. The maximum Gasteiger partial charge on any atom is 0.255 e. The van der Waals surface area contributed by atoms with Gasteiger partial charge in [-0.3, -0.25) is 4.98 Å². The van der Waals surface area contributed by atoms with Crippen LogP contribution in [0.3, 0.4) is 0 Å². The number of alkyl halides is 3. The summed E-state index contributed by atoms with van der Waals surface area (Å²) in [5, 5.41) is 0. The van der Waals surface area contributed by atoms with E-state index in [1.165, 1.54) is 4.90 Å². The lowest BCUT2D eigenvalue weighted by molar-refractivity contribution is 0.117. The summed E-state index contributed by atoms with van der Waals surface area (Å²) in [5.74, 6) is 1.63. The molecule has 3 nitrogen and oxygen atoms in total. The summed E-state index contributed by atoms with van der Waals surface area (Å²) >= 11 is 0. The minimum Gasteiger partial charge on any atom is -0.374 e. The quantitative estimate of drug-likeness (QED) is 0.348. The summed E-state index contributed by atoms with van der Waals surface area (Å²) in [6.45, 7) is 7.25. The van der Waals surface area contributed by atoms with Crippen molar-refractivity contribution in [2.24, 2.45) is 0 Å². The van der Waals surface area contributed by atoms with Crippen LogP contribution in [-0.4, -0.2) is 40.7 Å². The Morgan fingerprint density at radius 3 is 2.64 bits per heavy atom. The Morgan fingerprint density at radius 2 is 2.03 bits per heavy atom. The van der Waals surface area contributed by atoms with Gasteiger partial charge in [-0.2, -0.15) is 0 Å². The topological polar surface area (TPSA) is 19.4 Å². The second kappa shape index (κ2) is 10.9. The number of allylic oxidation sites excluding steroid dienone is 1. The highest BCUT2D eigenvalue weighted by molar-refractivity contribution is 7.17. The molecule has 0 amide bonds. The smallest absolute Gasteiger partial charge is 0.255 e. The van der Waals surface area contributed by atoms with Gasteiger partial charge in [0, 0.05) is 48.9 Å². The molecule has 0 saturated carbocycles. The summed E-state index contributed by atoms with van der Waals surface area (Å²) in [6, 6.07) is 9.84. The van der Waals surface area contributed by atoms with Crippen LogP contribution in [0.2, 0.25) is 0 Å². The second-order valence-corrected chi connectivity index (χ2v) is 9.04. The fraction of sp³-hybridized carbons (Fsp3) is 0.346. The molecular weight excluding hydrogens is 442 g/mol. The fourth-order valence-electron chi connectivity index (χ4n) is 4.05. The van der Waals surface area contributed by atoms with Gasteiger partial charge in [0.1, 0.15) is 5.91 Å². The van der Waals surface area contributed by atoms with Crippen molar-refractivity contribution in [1.29, 1.82) is 0 Å². The highest BCUT2D eigenvalue weighted by atomic mass is 31.0. The lowest BCUT2D eigenvalue weighted by atomic mass is 10.0. The van der Waals surface area contributed by atoms with Gasteiger partial charge in [0.05, 0.1) is 12.2 Å². The molecule has 1 aliphatic heterocycles. The molecule has 0 bridgehead atoms. The normalized spacial score (nSPS) is 14.4. The van der Waals surface area contributed by atoms with E-state index in [4.69, 9.17) is 6.42 Å². The van der Waals surface area contributed by atoms with Gasteiger partial charge >= 0.3 is 0 Å². The summed E-state index contributed by atoms with van der Waals surface area (Å²) in [5.41, 5.74) is 7.33. The maximum atomic E-state index is 13.4. The minimum atomic E-state index is -2.43. The van der Waals surface area contributed by atoms with E-state index >= 15 is 0 Å². The summed E-state index contributed by atoms with van der Waals surface area (Å²) in [7, 11) is 3.77. The average molecular weight is 472 g/mol. The van der Waals surface area contributed by atoms with Gasteiger partial charge in [-0.05, 0) is 42.5 Å².